The lowest BCUT2D eigenvalue weighted by molar-refractivity contribution is -0.161. The van der Waals surface area contributed by atoms with Gasteiger partial charge in [-0.1, -0.05) is 336 Å². The second kappa shape index (κ2) is 67.3. The predicted molar refractivity (Wildman–Crippen MR) is 377 cm³/mol. The Bertz CT molecular complexity index is 1790. The molecule has 0 saturated carbocycles. The predicted octanol–water partition coefficient (Wildman–Crippen LogP) is 21.7. The van der Waals surface area contributed by atoms with Crippen LogP contribution in [0.1, 0.15) is 388 Å². The number of carbonyl (C=O) groups is 4. The molecule has 0 saturated heterocycles. The number of ether oxygens (including phenoxy) is 4. The number of phosphoric ester groups is 2. The Morgan fingerprint density at radius 2 is 0.516 bits per heavy atom. The second-order valence-electron chi connectivity index (χ2n) is 26.9. The molecule has 0 aromatic carbocycles. The van der Waals surface area contributed by atoms with E-state index >= 15 is 0 Å². The first kappa shape index (κ1) is 91.1. The molecule has 0 aliphatic carbocycles. The molecule has 0 aliphatic heterocycles. The Balaban J connectivity index is 5.21. The fourth-order valence-corrected chi connectivity index (χ4v) is 12.9. The summed E-state index contributed by atoms with van der Waals surface area (Å²) in [6, 6.07) is 0. The fraction of sp³-hybridized carbons (Fsp3) is 0.946. The van der Waals surface area contributed by atoms with Gasteiger partial charge in [0.05, 0.1) is 26.4 Å². The van der Waals surface area contributed by atoms with Crippen LogP contribution in [0.5, 0.6) is 0 Å². The molecular formula is C74H144O17P2. The molecule has 0 fully saturated rings. The minimum atomic E-state index is -4.95. The number of unbranched alkanes of at least 4 members (excludes halogenated alkanes) is 45. The van der Waals surface area contributed by atoms with Crippen LogP contribution in [0, 0.1) is 5.92 Å². The van der Waals surface area contributed by atoms with E-state index in [0.717, 1.165) is 95.8 Å². The van der Waals surface area contributed by atoms with Crippen LogP contribution < -0.4 is 0 Å². The maximum absolute atomic E-state index is 13.1. The molecule has 0 rings (SSSR count). The van der Waals surface area contributed by atoms with Crippen molar-refractivity contribution in [2.45, 2.75) is 406 Å². The Hall–Kier alpha value is -1.94. The van der Waals surface area contributed by atoms with Crippen LogP contribution in [0.2, 0.25) is 0 Å². The summed E-state index contributed by atoms with van der Waals surface area (Å²) >= 11 is 0. The highest BCUT2D eigenvalue weighted by Crippen LogP contribution is 2.45. The summed E-state index contributed by atoms with van der Waals surface area (Å²) in [7, 11) is -9.90. The van der Waals surface area contributed by atoms with E-state index in [-0.39, 0.29) is 25.7 Å². The molecule has 6 atom stereocenters. The molecule has 0 heterocycles. The van der Waals surface area contributed by atoms with Crippen molar-refractivity contribution in [2.75, 3.05) is 39.6 Å². The number of hydrogen-bond donors (Lipinski definition) is 3. The minimum absolute atomic E-state index is 0.105. The summed E-state index contributed by atoms with van der Waals surface area (Å²) in [5.74, 6) is -1.35. The van der Waals surface area contributed by atoms with Crippen LogP contribution in [0.4, 0.5) is 0 Å². The van der Waals surface area contributed by atoms with Crippen molar-refractivity contribution >= 4 is 39.5 Å². The molecule has 0 bridgehead atoms. The van der Waals surface area contributed by atoms with Gasteiger partial charge in [0.1, 0.15) is 19.3 Å². The molecular weight excluding hydrogens is 1220 g/mol. The Labute approximate surface area is 568 Å². The molecule has 17 nitrogen and oxygen atoms in total. The zero-order valence-electron chi connectivity index (χ0n) is 60.4. The zero-order valence-corrected chi connectivity index (χ0v) is 62.2. The highest BCUT2D eigenvalue weighted by molar-refractivity contribution is 7.47. The molecule has 0 amide bonds. The molecule has 0 aromatic rings. The van der Waals surface area contributed by atoms with Crippen LogP contribution in [0.3, 0.4) is 0 Å². The van der Waals surface area contributed by atoms with Crippen LogP contribution in [0.15, 0.2) is 0 Å². The topological polar surface area (TPSA) is 237 Å². The van der Waals surface area contributed by atoms with Crippen molar-refractivity contribution in [3.63, 3.8) is 0 Å². The number of hydrogen-bond acceptors (Lipinski definition) is 15. The number of aliphatic hydroxyl groups excluding tert-OH is 1. The quantitative estimate of drug-likeness (QED) is 0.0222. The van der Waals surface area contributed by atoms with Crippen molar-refractivity contribution in [3.8, 4) is 0 Å². The number of phosphoric acid groups is 2. The highest BCUT2D eigenvalue weighted by Gasteiger charge is 2.30. The summed E-state index contributed by atoms with van der Waals surface area (Å²) in [6.45, 7) is 7.26. The summed E-state index contributed by atoms with van der Waals surface area (Å²) < 4.78 is 68.4. The molecule has 93 heavy (non-hydrogen) atoms. The first-order valence-electron chi connectivity index (χ1n) is 38.7. The van der Waals surface area contributed by atoms with Crippen molar-refractivity contribution < 1.29 is 80.2 Å². The van der Waals surface area contributed by atoms with Gasteiger partial charge in [-0.3, -0.25) is 37.3 Å². The summed E-state index contributed by atoms with van der Waals surface area (Å²) in [4.78, 5) is 72.7. The van der Waals surface area contributed by atoms with Crippen molar-refractivity contribution in [3.05, 3.63) is 0 Å². The molecule has 3 N–H and O–H groups in total. The lowest BCUT2D eigenvalue weighted by Crippen LogP contribution is -2.30. The van der Waals surface area contributed by atoms with Gasteiger partial charge in [0.2, 0.25) is 0 Å². The van der Waals surface area contributed by atoms with Crippen molar-refractivity contribution in [1.29, 1.82) is 0 Å². The van der Waals surface area contributed by atoms with Crippen LogP contribution in [0.25, 0.3) is 0 Å². The monoisotopic (exact) mass is 1370 g/mol. The molecule has 0 radical (unpaired) electrons. The summed E-state index contributed by atoms with van der Waals surface area (Å²) in [6.07, 6.45) is 55.4. The molecule has 19 heteroatoms. The first-order chi connectivity index (χ1) is 45.1. The van der Waals surface area contributed by atoms with Crippen LogP contribution >= 0.6 is 15.6 Å². The maximum Gasteiger partial charge on any atom is 0.472 e. The maximum atomic E-state index is 13.1. The zero-order chi connectivity index (χ0) is 68.4. The van der Waals surface area contributed by atoms with Crippen molar-refractivity contribution in [2.24, 2.45) is 5.92 Å². The lowest BCUT2D eigenvalue weighted by Gasteiger charge is -2.21. The van der Waals surface area contributed by atoms with E-state index in [2.05, 4.69) is 34.6 Å². The average Bonchev–Trinajstić information content (AvgIpc) is 2.09. The number of esters is 4. The van der Waals surface area contributed by atoms with Gasteiger partial charge in [-0.15, -0.1) is 0 Å². The van der Waals surface area contributed by atoms with E-state index in [1.165, 1.54) is 212 Å². The molecule has 552 valence electrons. The van der Waals surface area contributed by atoms with Gasteiger partial charge >= 0.3 is 39.5 Å². The standard InChI is InChI=1S/C74H144O17P2/c1-6-10-13-16-19-22-24-26-27-28-29-30-31-33-35-38-44-49-54-59-73(78)90-69(64-85-72(77)58-53-48-43-37-34-32-25-23-20-17-14-11-7-2)65-88-92(80,81)86-61-68(75)62-87-93(82,83)89-66-70(63-84-71(76)57-52-47-42-36-21-18-15-12-8-3)91-74(79)60-55-50-45-40-39-41-46-51-56-67(5)9-4/h67-70,75H,6-66H2,1-5H3,(H,80,81)(H,82,83)/t67?,68-,69-,70-/m1/s1. The van der Waals surface area contributed by atoms with Crippen LogP contribution in [-0.4, -0.2) is 96.7 Å². The average molecular weight is 1370 g/mol. The molecule has 0 aromatic heterocycles. The fourth-order valence-electron chi connectivity index (χ4n) is 11.3. The highest BCUT2D eigenvalue weighted by atomic mass is 31.2. The first-order valence-corrected chi connectivity index (χ1v) is 41.7. The summed E-state index contributed by atoms with van der Waals surface area (Å²) in [5, 5.41) is 10.6. The Kier molecular flexibility index (Phi) is 65.9. The summed E-state index contributed by atoms with van der Waals surface area (Å²) in [5.41, 5.74) is 0. The molecule has 3 unspecified atom stereocenters. The van der Waals surface area contributed by atoms with E-state index in [1.807, 2.05) is 0 Å². The Morgan fingerprint density at radius 3 is 0.763 bits per heavy atom. The van der Waals surface area contributed by atoms with Gasteiger partial charge in [0.25, 0.3) is 0 Å². The number of aliphatic hydroxyl groups is 1. The van der Waals surface area contributed by atoms with Gasteiger partial charge in [0.15, 0.2) is 12.2 Å². The van der Waals surface area contributed by atoms with E-state index in [4.69, 9.17) is 37.0 Å². The van der Waals surface area contributed by atoms with Crippen LogP contribution in [-0.2, 0) is 65.4 Å². The van der Waals surface area contributed by atoms with Gasteiger partial charge < -0.3 is 33.8 Å². The SMILES string of the molecule is CCCCCCCCCCCCCCCCCCCCCC(=O)O[C@H](COC(=O)CCCCCCCCCCCCCCC)COP(=O)(O)OC[C@@H](O)COP(=O)(O)OC[C@@H](COC(=O)CCCCCCCCCCC)OC(=O)CCCCCCCCCCC(C)CC. The number of rotatable bonds is 74. The second-order valence-corrected chi connectivity index (χ2v) is 29.8. The smallest absolute Gasteiger partial charge is 0.462 e. The van der Waals surface area contributed by atoms with Gasteiger partial charge in [-0.25, -0.2) is 9.13 Å². The Morgan fingerprint density at radius 1 is 0.301 bits per heavy atom. The lowest BCUT2D eigenvalue weighted by atomic mass is 9.99. The minimum Gasteiger partial charge on any atom is -0.462 e. The molecule has 0 aliphatic rings. The third kappa shape index (κ3) is 67.0. The largest absolute Gasteiger partial charge is 0.472 e. The molecule has 0 spiro atoms. The van der Waals surface area contributed by atoms with E-state index in [9.17, 15) is 43.2 Å². The van der Waals surface area contributed by atoms with E-state index in [1.54, 1.807) is 0 Å². The van der Waals surface area contributed by atoms with Crippen molar-refractivity contribution in [1.82, 2.24) is 0 Å². The van der Waals surface area contributed by atoms with Gasteiger partial charge in [-0.05, 0) is 31.6 Å². The van der Waals surface area contributed by atoms with Gasteiger partial charge in [0, 0.05) is 25.7 Å². The third-order valence-electron chi connectivity index (χ3n) is 17.6. The number of carbonyl (C=O) groups excluding carboxylic acids is 4. The normalized spacial score (nSPS) is 14.3. The van der Waals surface area contributed by atoms with Gasteiger partial charge in [-0.2, -0.15) is 0 Å². The third-order valence-corrected chi connectivity index (χ3v) is 19.5. The van der Waals surface area contributed by atoms with E-state index < -0.39 is 97.5 Å². The van der Waals surface area contributed by atoms with E-state index in [0.29, 0.717) is 25.7 Å².